The zero-order valence-corrected chi connectivity index (χ0v) is 10.7. The van der Waals surface area contributed by atoms with Crippen LogP contribution in [0.3, 0.4) is 0 Å². The molecular weight excluding hydrogens is 236 g/mol. The topological polar surface area (TPSA) is 40.2 Å². The van der Waals surface area contributed by atoms with Crippen molar-refractivity contribution in [2.45, 2.75) is 6.42 Å². The summed E-state index contributed by atoms with van der Waals surface area (Å²) < 4.78 is 0. The Morgan fingerprint density at radius 3 is 2.88 bits per heavy atom. The van der Waals surface area contributed by atoms with Crippen LogP contribution in [0.5, 0.6) is 0 Å². The number of rotatable bonds is 5. The summed E-state index contributed by atoms with van der Waals surface area (Å²) >= 11 is 5.77. The van der Waals surface area contributed by atoms with Gasteiger partial charge in [0, 0.05) is 38.9 Å². The fraction of sp³-hybridized carbons (Fsp3) is 0.583. The first kappa shape index (κ1) is 12.6. The zero-order chi connectivity index (χ0) is 11.9. The molecule has 0 aliphatic carbocycles. The molecule has 1 aliphatic heterocycles. The summed E-state index contributed by atoms with van der Waals surface area (Å²) in [7, 11) is 0. The van der Waals surface area contributed by atoms with Crippen molar-refractivity contribution in [3.05, 3.63) is 23.4 Å². The van der Waals surface area contributed by atoms with Gasteiger partial charge in [-0.05, 0) is 25.1 Å². The number of hydrogen-bond acceptors (Lipinski definition) is 4. The molecule has 4 nitrogen and oxygen atoms in total. The molecule has 17 heavy (non-hydrogen) atoms. The Morgan fingerprint density at radius 1 is 1.35 bits per heavy atom. The highest BCUT2D eigenvalue weighted by Crippen LogP contribution is 2.09. The summed E-state index contributed by atoms with van der Waals surface area (Å²) in [5.74, 6) is 0.898. The van der Waals surface area contributed by atoms with Gasteiger partial charge in [0.05, 0.1) is 5.02 Å². The SMILES string of the molecule is Clc1ccc(NCCCN2CCNCC2)nc1. The first-order valence-electron chi connectivity index (χ1n) is 6.13. The average molecular weight is 255 g/mol. The second-order valence-electron chi connectivity index (χ2n) is 4.23. The van der Waals surface area contributed by atoms with Gasteiger partial charge in [-0.15, -0.1) is 0 Å². The van der Waals surface area contributed by atoms with Crippen molar-refractivity contribution < 1.29 is 0 Å². The van der Waals surface area contributed by atoms with Crippen LogP contribution >= 0.6 is 11.6 Å². The Morgan fingerprint density at radius 2 is 2.18 bits per heavy atom. The number of anilines is 1. The molecule has 0 amide bonds. The number of hydrogen-bond donors (Lipinski definition) is 2. The monoisotopic (exact) mass is 254 g/mol. The van der Waals surface area contributed by atoms with Crippen molar-refractivity contribution >= 4 is 17.4 Å². The van der Waals surface area contributed by atoms with Gasteiger partial charge in [-0.2, -0.15) is 0 Å². The minimum Gasteiger partial charge on any atom is -0.370 e. The van der Waals surface area contributed by atoms with Gasteiger partial charge in [-0.1, -0.05) is 11.6 Å². The van der Waals surface area contributed by atoms with Crippen LogP contribution in [-0.4, -0.2) is 49.2 Å². The Labute approximate surface area is 107 Å². The summed E-state index contributed by atoms with van der Waals surface area (Å²) in [5, 5.41) is 7.33. The van der Waals surface area contributed by atoms with E-state index in [0.717, 1.165) is 38.4 Å². The lowest BCUT2D eigenvalue weighted by atomic mass is 10.3. The molecular formula is C12H19ClN4. The summed E-state index contributed by atoms with van der Waals surface area (Å²) in [5.41, 5.74) is 0. The van der Waals surface area contributed by atoms with Crippen molar-refractivity contribution in [2.75, 3.05) is 44.6 Å². The lowest BCUT2D eigenvalue weighted by Crippen LogP contribution is -2.44. The third-order valence-electron chi connectivity index (χ3n) is 2.89. The molecule has 0 spiro atoms. The van der Waals surface area contributed by atoms with Crippen LogP contribution in [0.25, 0.3) is 0 Å². The van der Waals surface area contributed by atoms with E-state index in [2.05, 4.69) is 20.5 Å². The summed E-state index contributed by atoms with van der Waals surface area (Å²) in [6.07, 6.45) is 2.81. The molecule has 2 rings (SSSR count). The van der Waals surface area contributed by atoms with E-state index in [-0.39, 0.29) is 0 Å². The lowest BCUT2D eigenvalue weighted by Gasteiger charge is -2.27. The molecule has 1 aromatic rings. The third kappa shape index (κ3) is 4.50. The van der Waals surface area contributed by atoms with Gasteiger partial charge >= 0.3 is 0 Å². The molecule has 0 aromatic carbocycles. The van der Waals surface area contributed by atoms with Crippen molar-refractivity contribution in [3.8, 4) is 0 Å². The summed E-state index contributed by atoms with van der Waals surface area (Å²) in [4.78, 5) is 6.69. The fourth-order valence-electron chi connectivity index (χ4n) is 1.93. The van der Waals surface area contributed by atoms with E-state index < -0.39 is 0 Å². The van der Waals surface area contributed by atoms with Crippen molar-refractivity contribution in [3.63, 3.8) is 0 Å². The standard InChI is InChI=1S/C12H19ClN4/c13-11-2-3-12(16-10-11)15-4-1-7-17-8-5-14-6-9-17/h2-3,10,14H,1,4-9H2,(H,15,16). The van der Waals surface area contributed by atoms with Crippen LogP contribution in [0.4, 0.5) is 5.82 Å². The number of piperazine rings is 1. The zero-order valence-electron chi connectivity index (χ0n) is 9.95. The molecule has 2 heterocycles. The molecule has 1 saturated heterocycles. The van der Waals surface area contributed by atoms with E-state index >= 15 is 0 Å². The average Bonchev–Trinajstić information content (AvgIpc) is 2.38. The first-order chi connectivity index (χ1) is 8.34. The van der Waals surface area contributed by atoms with Crippen molar-refractivity contribution in [1.82, 2.24) is 15.2 Å². The molecule has 0 atom stereocenters. The van der Waals surface area contributed by atoms with Crippen molar-refractivity contribution in [1.29, 1.82) is 0 Å². The minimum atomic E-state index is 0.677. The first-order valence-corrected chi connectivity index (χ1v) is 6.51. The number of nitrogens with one attached hydrogen (secondary N) is 2. The second-order valence-corrected chi connectivity index (χ2v) is 4.67. The summed E-state index contributed by atoms with van der Waals surface area (Å²) in [6, 6.07) is 3.76. The maximum absolute atomic E-state index is 5.77. The highest BCUT2D eigenvalue weighted by atomic mass is 35.5. The Hall–Kier alpha value is -0.840. The van der Waals surface area contributed by atoms with Crippen molar-refractivity contribution in [2.24, 2.45) is 0 Å². The Balaban J connectivity index is 1.60. The van der Waals surface area contributed by atoms with Gasteiger partial charge in [0.25, 0.3) is 0 Å². The smallest absolute Gasteiger partial charge is 0.125 e. The predicted octanol–water partition coefficient (Wildman–Crippen LogP) is 1.44. The number of pyridine rings is 1. The van der Waals surface area contributed by atoms with Gasteiger partial charge in [-0.3, -0.25) is 0 Å². The highest BCUT2D eigenvalue weighted by molar-refractivity contribution is 6.30. The molecule has 0 radical (unpaired) electrons. The van der Waals surface area contributed by atoms with Gasteiger partial charge in [0.2, 0.25) is 0 Å². The molecule has 1 aromatic heterocycles. The van der Waals surface area contributed by atoms with Gasteiger partial charge in [0.15, 0.2) is 0 Å². The molecule has 0 bridgehead atoms. The lowest BCUT2D eigenvalue weighted by molar-refractivity contribution is 0.240. The largest absolute Gasteiger partial charge is 0.370 e. The normalized spacial score (nSPS) is 17.0. The van der Waals surface area contributed by atoms with Gasteiger partial charge in [-0.25, -0.2) is 4.98 Å². The molecule has 2 N–H and O–H groups in total. The van der Waals surface area contributed by atoms with Crippen LogP contribution in [0.15, 0.2) is 18.3 Å². The van der Waals surface area contributed by atoms with E-state index in [9.17, 15) is 0 Å². The van der Waals surface area contributed by atoms with Crippen LogP contribution in [0, 0.1) is 0 Å². The maximum Gasteiger partial charge on any atom is 0.125 e. The van der Waals surface area contributed by atoms with E-state index in [1.165, 1.54) is 13.1 Å². The predicted molar refractivity (Wildman–Crippen MR) is 71.7 cm³/mol. The molecule has 94 valence electrons. The van der Waals surface area contributed by atoms with E-state index in [1.54, 1.807) is 6.20 Å². The van der Waals surface area contributed by atoms with Crippen LogP contribution in [0.1, 0.15) is 6.42 Å². The van der Waals surface area contributed by atoms with Crippen LogP contribution in [0.2, 0.25) is 5.02 Å². The van der Waals surface area contributed by atoms with Crippen LogP contribution < -0.4 is 10.6 Å². The molecule has 1 fully saturated rings. The van der Waals surface area contributed by atoms with Gasteiger partial charge < -0.3 is 15.5 Å². The number of halogens is 1. The Bertz CT molecular complexity index is 322. The van der Waals surface area contributed by atoms with E-state index in [1.807, 2.05) is 12.1 Å². The van der Waals surface area contributed by atoms with E-state index in [0.29, 0.717) is 5.02 Å². The van der Waals surface area contributed by atoms with Crippen LogP contribution in [-0.2, 0) is 0 Å². The minimum absolute atomic E-state index is 0.677. The second kappa shape index (κ2) is 6.79. The Kier molecular flexibility index (Phi) is 5.04. The number of aromatic nitrogens is 1. The highest BCUT2D eigenvalue weighted by Gasteiger charge is 2.07. The number of nitrogens with zero attached hydrogens (tertiary/aromatic N) is 2. The molecule has 1 aliphatic rings. The molecule has 5 heteroatoms. The van der Waals surface area contributed by atoms with E-state index in [4.69, 9.17) is 11.6 Å². The maximum atomic E-state index is 5.77. The molecule has 0 unspecified atom stereocenters. The quantitative estimate of drug-likeness (QED) is 0.781. The summed E-state index contributed by atoms with van der Waals surface area (Å²) in [6.45, 7) is 6.68. The van der Waals surface area contributed by atoms with Gasteiger partial charge in [0.1, 0.15) is 5.82 Å². The molecule has 0 saturated carbocycles. The fourth-order valence-corrected chi connectivity index (χ4v) is 2.05. The third-order valence-corrected chi connectivity index (χ3v) is 3.12.